The molecule has 1 nitrogen and oxygen atoms in total. The quantitative estimate of drug-likeness (QED) is 0.498. The zero-order chi connectivity index (χ0) is 8.55. The SMILES string of the molecule is CO[C@@H]1CC=C[C@@H]2CC[C@H]1C2Br. The molecule has 2 aliphatic rings. The van der Waals surface area contributed by atoms with Gasteiger partial charge >= 0.3 is 0 Å². The molecule has 1 fully saturated rings. The van der Waals surface area contributed by atoms with Crippen molar-refractivity contribution in [3.05, 3.63) is 12.2 Å². The molecule has 0 spiro atoms. The van der Waals surface area contributed by atoms with Crippen molar-refractivity contribution in [2.24, 2.45) is 11.8 Å². The lowest BCUT2D eigenvalue weighted by Crippen LogP contribution is -2.26. The van der Waals surface area contributed by atoms with Crippen LogP contribution in [0.3, 0.4) is 0 Å². The molecule has 12 heavy (non-hydrogen) atoms. The van der Waals surface area contributed by atoms with Crippen molar-refractivity contribution in [2.75, 3.05) is 7.11 Å². The summed E-state index contributed by atoms with van der Waals surface area (Å²) >= 11 is 3.78. The lowest BCUT2D eigenvalue weighted by molar-refractivity contribution is 0.0597. The first-order valence-corrected chi connectivity index (χ1v) is 5.58. The fourth-order valence-electron chi connectivity index (χ4n) is 2.45. The molecule has 1 unspecified atom stereocenters. The van der Waals surface area contributed by atoms with Gasteiger partial charge in [0.1, 0.15) is 0 Å². The van der Waals surface area contributed by atoms with E-state index in [1.165, 1.54) is 12.8 Å². The maximum atomic E-state index is 5.49. The standard InChI is InChI=1S/C10H15BrO/c1-12-9-4-2-3-7-5-6-8(9)10(7)11/h2-3,7-10H,4-6H2,1H3/t7-,8-,9-,10?/m1/s1. The van der Waals surface area contributed by atoms with E-state index in [4.69, 9.17) is 4.74 Å². The zero-order valence-electron chi connectivity index (χ0n) is 7.37. The molecule has 0 aromatic rings. The van der Waals surface area contributed by atoms with Crippen molar-refractivity contribution in [1.82, 2.24) is 0 Å². The lowest BCUT2D eigenvalue weighted by Gasteiger charge is -2.22. The average Bonchev–Trinajstić information content (AvgIpc) is 2.29. The van der Waals surface area contributed by atoms with Crippen LogP contribution in [0.5, 0.6) is 0 Å². The molecule has 2 bridgehead atoms. The van der Waals surface area contributed by atoms with E-state index in [2.05, 4.69) is 28.1 Å². The Kier molecular flexibility index (Phi) is 2.56. The molecule has 68 valence electrons. The third-order valence-corrected chi connectivity index (χ3v) is 4.54. The summed E-state index contributed by atoms with van der Waals surface area (Å²) in [6.07, 6.45) is 8.84. The fraction of sp³-hybridized carbons (Fsp3) is 0.800. The summed E-state index contributed by atoms with van der Waals surface area (Å²) in [7, 11) is 1.83. The number of hydrogen-bond donors (Lipinski definition) is 0. The van der Waals surface area contributed by atoms with Gasteiger partial charge < -0.3 is 4.74 Å². The molecule has 2 heteroatoms. The average molecular weight is 231 g/mol. The largest absolute Gasteiger partial charge is 0.381 e. The van der Waals surface area contributed by atoms with E-state index in [0.29, 0.717) is 10.9 Å². The van der Waals surface area contributed by atoms with Gasteiger partial charge in [0.05, 0.1) is 6.10 Å². The molecule has 0 aromatic carbocycles. The van der Waals surface area contributed by atoms with Crippen LogP contribution in [0, 0.1) is 11.8 Å². The number of allylic oxidation sites excluding steroid dienone is 1. The molecule has 0 aromatic heterocycles. The molecule has 1 saturated carbocycles. The second-order valence-corrected chi connectivity index (χ2v) is 4.84. The summed E-state index contributed by atoms with van der Waals surface area (Å²) in [6.45, 7) is 0. The van der Waals surface area contributed by atoms with E-state index in [1.807, 2.05) is 7.11 Å². The minimum Gasteiger partial charge on any atom is -0.381 e. The van der Waals surface area contributed by atoms with Gasteiger partial charge in [0.25, 0.3) is 0 Å². The zero-order valence-corrected chi connectivity index (χ0v) is 8.96. The van der Waals surface area contributed by atoms with E-state index >= 15 is 0 Å². The first-order valence-electron chi connectivity index (χ1n) is 4.66. The Balaban J connectivity index is 2.17. The van der Waals surface area contributed by atoms with Crippen molar-refractivity contribution in [1.29, 1.82) is 0 Å². The Morgan fingerprint density at radius 2 is 2.25 bits per heavy atom. The van der Waals surface area contributed by atoms with Crippen LogP contribution in [-0.2, 0) is 4.74 Å². The lowest BCUT2D eigenvalue weighted by atomic mass is 9.99. The van der Waals surface area contributed by atoms with Crippen molar-refractivity contribution >= 4 is 15.9 Å². The third-order valence-electron chi connectivity index (χ3n) is 3.18. The van der Waals surface area contributed by atoms with E-state index in [9.17, 15) is 0 Å². The Bertz CT molecular complexity index is 190. The van der Waals surface area contributed by atoms with Gasteiger partial charge in [-0.15, -0.1) is 0 Å². The third kappa shape index (κ3) is 1.35. The minimum absolute atomic E-state index is 0.443. The van der Waals surface area contributed by atoms with Gasteiger partial charge in [0.15, 0.2) is 0 Å². The number of hydrogen-bond acceptors (Lipinski definition) is 1. The normalized spacial score (nSPS) is 46.2. The molecule has 0 saturated heterocycles. The van der Waals surface area contributed by atoms with Crippen molar-refractivity contribution < 1.29 is 4.74 Å². The Hall–Kier alpha value is 0.180. The summed E-state index contributed by atoms with van der Waals surface area (Å²) < 4.78 is 5.49. The summed E-state index contributed by atoms with van der Waals surface area (Å²) in [4.78, 5) is 0.654. The Morgan fingerprint density at radius 1 is 1.42 bits per heavy atom. The van der Waals surface area contributed by atoms with Crippen molar-refractivity contribution in [3.63, 3.8) is 0 Å². The summed E-state index contributed by atoms with van der Waals surface area (Å²) in [5.74, 6) is 1.49. The highest BCUT2D eigenvalue weighted by Crippen LogP contribution is 2.42. The topological polar surface area (TPSA) is 9.23 Å². The van der Waals surface area contributed by atoms with Crippen LogP contribution < -0.4 is 0 Å². The molecule has 0 radical (unpaired) electrons. The first kappa shape index (κ1) is 8.76. The monoisotopic (exact) mass is 230 g/mol. The number of alkyl halides is 1. The molecule has 2 aliphatic carbocycles. The fourth-order valence-corrected chi connectivity index (χ4v) is 3.49. The van der Waals surface area contributed by atoms with Crippen LogP contribution in [0.15, 0.2) is 12.2 Å². The van der Waals surface area contributed by atoms with Crippen molar-refractivity contribution in [2.45, 2.75) is 30.2 Å². The molecule has 4 atom stereocenters. The number of halogens is 1. The van der Waals surface area contributed by atoms with Gasteiger partial charge in [0.2, 0.25) is 0 Å². The van der Waals surface area contributed by atoms with Gasteiger partial charge in [-0.05, 0) is 31.1 Å². The van der Waals surface area contributed by atoms with E-state index in [1.54, 1.807) is 0 Å². The number of rotatable bonds is 1. The van der Waals surface area contributed by atoms with Gasteiger partial charge in [-0.1, -0.05) is 28.1 Å². The smallest absolute Gasteiger partial charge is 0.0644 e. The second-order valence-electron chi connectivity index (χ2n) is 3.79. The number of methoxy groups -OCH3 is 1. The van der Waals surface area contributed by atoms with Crippen LogP contribution in [-0.4, -0.2) is 18.0 Å². The van der Waals surface area contributed by atoms with Crippen LogP contribution in [0.1, 0.15) is 19.3 Å². The molecule has 0 heterocycles. The highest BCUT2D eigenvalue weighted by molar-refractivity contribution is 9.09. The van der Waals surface area contributed by atoms with Crippen LogP contribution in [0.25, 0.3) is 0 Å². The minimum atomic E-state index is 0.443. The maximum absolute atomic E-state index is 5.49. The second kappa shape index (κ2) is 3.51. The summed E-state index contributed by atoms with van der Waals surface area (Å²) in [5.41, 5.74) is 0. The molecular formula is C10H15BrO. The summed E-state index contributed by atoms with van der Waals surface area (Å²) in [5, 5.41) is 0. The van der Waals surface area contributed by atoms with Gasteiger partial charge in [0, 0.05) is 11.9 Å². The van der Waals surface area contributed by atoms with Crippen molar-refractivity contribution in [3.8, 4) is 0 Å². The molecule has 0 amide bonds. The highest BCUT2D eigenvalue weighted by Gasteiger charge is 2.38. The van der Waals surface area contributed by atoms with Gasteiger partial charge in [-0.3, -0.25) is 0 Å². The van der Waals surface area contributed by atoms with Crippen LogP contribution >= 0.6 is 15.9 Å². The molecule has 0 aliphatic heterocycles. The summed E-state index contributed by atoms with van der Waals surface area (Å²) in [6, 6.07) is 0. The Morgan fingerprint density at radius 3 is 3.00 bits per heavy atom. The van der Waals surface area contributed by atoms with Gasteiger partial charge in [-0.2, -0.15) is 0 Å². The van der Waals surface area contributed by atoms with Crippen LogP contribution in [0.4, 0.5) is 0 Å². The van der Waals surface area contributed by atoms with E-state index in [-0.39, 0.29) is 0 Å². The number of ether oxygens (including phenoxy) is 1. The van der Waals surface area contributed by atoms with E-state index < -0.39 is 0 Å². The first-order chi connectivity index (χ1) is 5.83. The Labute approximate surface area is 82.3 Å². The van der Waals surface area contributed by atoms with Crippen LogP contribution in [0.2, 0.25) is 0 Å². The van der Waals surface area contributed by atoms with Gasteiger partial charge in [-0.25, -0.2) is 0 Å². The number of fused-ring (bicyclic) bond motifs is 2. The molecular weight excluding hydrogens is 216 g/mol. The van der Waals surface area contributed by atoms with E-state index in [0.717, 1.165) is 18.3 Å². The molecule has 0 N–H and O–H groups in total. The predicted octanol–water partition coefficient (Wildman–Crippen LogP) is 2.75. The molecule has 2 rings (SSSR count). The maximum Gasteiger partial charge on any atom is 0.0644 e. The highest BCUT2D eigenvalue weighted by atomic mass is 79.9. The predicted molar refractivity (Wildman–Crippen MR) is 53.5 cm³/mol.